The van der Waals surface area contributed by atoms with Gasteiger partial charge in [-0.3, -0.25) is 9.89 Å². The average molecular weight is 552 g/mol. The van der Waals surface area contributed by atoms with Crippen molar-refractivity contribution in [3.63, 3.8) is 0 Å². The molecule has 2 heterocycles. The fourth-order valence-corrected chi connectivity index (χ4v) is 4.04. The van der Waals surface area contributed by atoms with Crippen LogP contribution < -0.4 is 24.8 Å². The molecule has 8 heteroatoms. The highest BCUT2D eigenvalue weighted by Gasteiger charge is 2.19. The number of hydrogen-bond acceptors (Lipinski definition) is 5. The van der Waals surface area contributed by atoms with Crippen LogP contribution in [0, 0.1) is 5.92 Å². The second-order valence-corrected chi connectivity index (χ2v) is 8.06. The molecular weight excluding hydrogens is 519 g/mol. The first-order valence-corrected chi connectivity index (χ1v) is 10.9. The Morgan fingerprint density at radius 1 is 1.03 bits per heavy atom. The molecule has 174 valence electrons. The number of nitrogens with one attached hydrogen (secondary N) is 2. The number of nitrogens with zero attached hydrogens (tertiary/aromatic N) is 2. The van der Waals surface area contributed by atoms with Crippen LogP contribution in [0.25, 0.3) is 0 Å². The number of methoxy groups -OCH3 is 1. The van der Waals surface area contributed by atoms with E-state index in [1.54, 1.807) is 7.11 Å². The molecule has 0 amide bonds. The van der Waals surface area contributed by atoms with Gasteiger partial charge in [0, 0.05) is 26.7 Å². The average Bonchev–Trinajstić information content (AvgIpc) is 3.29. The minimum Gasteiger partial charge on any atom is -0.497 e. The first-order chi connectivity index (χ1) is 15.2. The predicted molar refractivity (Wildman–Crippen MR) is 137 cm³/mol. The van der Waals surface area contributed by atoms with Crippen molar-refractivity contribution in [1.82, 2.24) is 15.5 Å². The van der Waals surface area contributed by atoms with Gasteiger partial charge in [-0.05, 0) is 67.2 Å². The van der Waals surface area contributed by atoms with Crippen LogP contribution >= 0.6 is 24.0 Å². The van der Waals surface area contributed by atoms with Gasteiger partial charge in [0.1, 0.15) is 5.75 Å². The topological polar surface area (TPSA) is 67.4 Å². The van der Waals surface area contributed by atoms with Crippen molar-refractivity contribution in [3.05, 3.63) is 53.6 Å². The first-order valence-electron chi connectivity index (χ1n) is 10.9. The predicted octanol–water partition coefficient (Wildman–Crippen LogP) is 3.62. The van der Waals surface area contributed by atoms with Crippen molar-refractivity contribution >= 4 is 29.9 Å². The maximum atomic E-state index is 5.45. The van der Waals surface area contributed by atoms with E-state index >= 15 is 0 Å². The number of rotatable bonds is 7. The van der Waals surface area contributed by atoms with Crippen LogP contribution in [0.3, 0.4) is 0 Å². The minimum atomic E-state index is 0. The molecule has 0 unspecified atom stereocenters. The lowest BCUT2D eigenvalue weighted by molar-refractivity contribution is 0.174. The monoisotopic (exact) mass is 552 g/mol. The van der Waals surface area contributed by atoms with Gasteiger partial charge in [0.2, 0.25) is 6.79 Å². The van der Waals surface area contributed by atoms with Gasteiger partial charge in [-0.2, -0.15) is 0 Å². The zero-order valence-corrected chi connectivity index (χ0v) is 21.1. The van der Waals surface area contributed by atoms with E-state index in [0.717, 1.165) is 55.0 Å². The summed E-state index contributed by atoms with van der Waals surface area (Å²) in [4.78, 5) is 6.90. The largest absolute Gasteiger partial charge is 0.497 e. The number of guanidine groups is 1. The third-order valence-corrected chi connectivity index (χ3v) is 5.95. The van der Waals surface area contributed by atoms with Gasteiger partial charge in [-0.1, -0.05) is 18.2 Å². The summed E-state index contributed by atoms with van der Waals surface area (Å²) in [5.74, 6) is 4.02. The Balaban J connectivity index is 0.00000289. The molecule has 4 rings (SSSR count). The highest BCUT2D eigenvalue weighted by molar-refractivity contribution is 14.0. The fraction of sp³-hybridized carbons (Fsp3) is 0.458. The standard InChI is InChI=1S/C24H32N4O3.HI/c1-25-24(27-15-20-5-8-22-23(13-20)31-17-30-22)26-14-18-9-11-28(12-10-18)16-19-3-6-21(29-2)7-4-19;/h3-8,13,18H,9-12,14-17H2,1-2H3,(H2,25,26,27);1H. The molecule has 0 saturated carbocycles. The summed E-state index contributed by atoms with van der Waals surface area (Å²) in [6.07, 6.45) is 2.39. The molecule has 0 spiro atoms. The van der Waals surface area contributed by atoms with Crippen molar-refractivity contribution in [1.29, 1.82) is 0 Å². The van der Waals surface area contributed by atoms with Gasteiger partial charge >= 0.3 is 0 Å². The van der Waals surface area contributed by atoms with E-state index in [2.05, 4.69) is 32.7 Å². The number of aliphatic imine (C=N–C) groups is 1. The Kier molecular flexibility index (Phi) is 9.28. The van der Waals surface area contributed by atoms with Crippen molar-refractivity contribution in [2.75, 3.05) is 40.6 Å². The van der Waals surface area contributed by atoms with E-state index in [9.17, 15) is 0 Å². The molecule has 0 bridgehead atoms. The summed E-state index contributed by atoms with van der Waals surface area (Å²) < 4.78 is 16.1. The summed E-state index contributed by atoms with van der Waals surface area (Å²) >= 11 is 0. The van der Waals surface area contributed by atoms with Crippen LogP contribution in [0.2, 0.25) is 0 Å². The first kappa shape index (κ1) is 24.4. The van der Waals surface area contributed by atoms with Crippen LogP contribution in [0.1, 0.15) is 24.0 Å². The SMILES string of the molecule is CN=C(NCc1ccc2c(c1)OCO2)NCC1CCN(Cc2ccc(OC)cc2)CC1.I. The molecule has 1 fully saturated rings. The fourth-order valence-electron chi connectivity index (χ4n) is 4.04. The maximum Gasteiger partial charge on any atom is 0.231 e. The van der Waals surface area contributed by atoms with Crippen LogP contribution in [0.15, 0.2) is 47.5 Å². The molecule has 1 saturated heterocycles. The number of piperidine rings is 1. The van der Waals surface area contributed by atoms with Gasteiger partial charge in [0.25, 0.3) is 0 Å². The van der Waals surface area contributed by atoms with Gasteiger partial charge in [-0.25, -0.2) is 0 Å². The molecule has 0 aliphatic carbocycles. The Bertz CT molecular complexity index is 883. The summed E-state index contributed by atoms with van der Waals surface area (Å²) in [5, 5.41) is 6.88. The van der Waals surface area contributed by atoms with E-state index in [1.807, 2.05) is 37.4 Å². The highest BCUT2D eigenvalue weighted by atomic mass is 127. The Hall–Kier alpha value is -2.20. The van der Waals surface area contributed by atoms with Crippen LogP contribution in [-0.2, 0) is 13.1 Å². The van der Waals surface area contributed by atoms with Crippen molar-refractivity contribution in [2.24, 2.45) is 10.9 Å². The van der Waals surface area contributed by atoms with E-state index in [1.165, 1.54) is 18.4 Å². The second-order valence-electron chi connectivity index (χ2n) is 8.06. The second kappa shape index (κ2) is 12.2. The van der Waals surface area contributed by atoms with Crippen molar-refractivity contribution < 1.29 is 14.2 Å². The van der Waals surface area contributed by atoms with E-state index in [-0.39, 0.29) is 24.0 Å². The molecule has 2 N–H and O–H groups in total. The lowest BCUT2D eigenvalue weighted by atomic mass is 9.96. The normalized spacial score (nSPS) is 16.4. The zero-order chi connectivity index (χ0) is 21.5. The quantitative estimate of drug-likeness (QED) is 0.311. The Morgan fingerprint density at radius 3 is 2.47 bits per heavy atom. The van der Waals surface area contributed by atoms with Gasteiger partial charge in [0.15, 0.2) is 17.5 Å². The smallest absolute Gasteiger partial charge is 0.231 e. The third kappa shape index (κ3) is 6.65. The Morgan fingerprint density at radius 2 is 1.75 bits per heavy atom. The summed E-state index contributed by atoms with van der Waals surface area (Å²) in [5.41, 5.74) is 2.48. The molecule has 2 aromatic carbocycles. The molecule has 2 aliphatic rings. The summed E-state index contributed by atoms with van der Waals surface area (Å²) in [6.45, 7) is 5.19. The van der Waals surface area contributed by atoms with E-state index in [4.69, 9.17) is 14.2 Å². The molecule has 0 aromatic heterocycles. The van der Waals surface area contributed by atoms with E-state index < -0.39 is 0 Å². The lowest BCUT2D eigenvalue weighted by Crippen LogP contribution is -2.42. The third-order valence-electron chi connectivity index (χ3n) is 5.95. The highest BCUT2D eigenvalue weighted by Crippen LogP contribution is 2.32. The van der Waals surface area contributed by atoms with Crippen LogP contribution in [0.4, 0.5) is 0 Å². The minimum absolute atomic E-state index is 0. The zero-order valence-electron chi connectivity index (χ0n) is 18.8. The molecule has 2 aliphatic heterocycles. The number of fused-ring (bicyclic) bond motifs is 1. The molecular formula is C24H33IN4O3. The lowest BCUT2D eigenvalue weighted by Gasteiger charge is -2.32. The molecule has 32 heavy (non-hydrogen) atoms. The molecule has 2 aromatic rings. The number of halogens is 1. The van der Waals surface area contributed by atoms with Crippen molar-refractivity contribution in [2.45, 2.75) is 25.9 Å². The van der Waals surface area contributed by atoms with Crippen LogP contribution in [0.5, 0.6) is 17.2 Å². The van der Waals surface area contributed by atoms with Crippen LogP contribution in [-0.4, -0.2) is 51.4 Å². The Labute approximate surface area is 207 Å². The van der Waals surface area contributed by atoms with Gasteiger partial charge in [-0.15, -0.1) is 24.0 Å². The molecule has 0 atom stereocenters. The number of ether oxygens (including phenoxy) is 3. The molecule has 0 radical (unpaired) electrons. The maximum absolute atomic E-state index is 5.45. The summed E-state index contributed by atoms with van der Waals surface area (Å²) in [7, 11) is 3.52. The molecule has 7 nitrogen and oxygen atoms in total. The van der Waals surface area contributed by atoms with Crippen molar-refractivity contribution in [3.8, 4) is 17.2 Å². The van der Waals surface area contributed by atoms with Gasteiger partial charge < -0.3 is 24.8 Å². The number of benzene rings is 2. The summed E-state index contributed by atoms with van der Waals surface area (Å²) in [6, 6.07) is 14.4. The van der Waals surface area contributed by atoms with Gasteiger partial charge in [0.05, 0.1) is 7.11 Å². The number of likely N-dealkylation sites (tertiary alicyclic amines) is 1. The number of hydrogen-bond donors (Lipinski definition) is 2. The van der Waals surface area contributed by atoms with E-state index in [0.29, 0.717) is 19.3 Å².